The van der Waals surface area contributed by atoms with E-state index in [1.807, 2.05) is 0 Å². The second-order valence-corrected chi connectivity index (χ2v) is 5.77. The molecule has 3 nitrogen and oxygen atoms in total. The summed E-state index contributed by atoms with van der Waals surface area (Å²) in [6, 6.07) is 4.40. The minimum atomic E-state index is -0.218. The molecule has 1 aromatic carbocycles. The number of phenols is 1. The summed E-state index contributed by atoms with van der Waals surface area (Å²) in [6.45, 7) is 2.86. The second kappa shape index (κ2) is 5.19. The van der Waals surface area contributed by atoms with Crippen molar-refractivity contribution in [1.29, 1.82) is 0 Å². The average Bonchev–Trinajstić information content (AvgIpc) is 2.77. The summed E-state index contributed by atoms with van der Waals surface area (Å²) < 4.78 is 0. The molecule has 1 saturated carbocycles. The summed E-state index contributed by atoms with van der Waals surface area (Å²) in [5, 5.41) is 12.7. The van der Waals surface area contributed by atoms with E-state index in [0.717, 1.165) is 12.8 Å². The fraction of sp³-hybridized carbons (Fsp3) is 0.500. The summed E-state index contributed by atoms with van der Waals surface area (Å²) in [6.07, 6.45) is 4.78. The molecule has 0 heterocycles. The molecule has 98 valence electrons. The van der Waals surface area contributed by atoms with E-state index in [2.05, 4.69) is 12.2 Å². The average molecular weight is 268 g/mol. The number of aromatic hydroxyl groups is 1. The molecular formula is C14H18ClNO2. The summed E-state index contributed by atoms with van der Waals surface area (Å²) in [4.78, 5) is 12.0. The zero-order valence-electron chi connectivity index (χ0n) is 10.5. The van der Waals surface area contributed by atoms with Crippen molar-refractivity contribution >= 4 is 17.5 Å². The highest BCUT2D eigenvalue weighted by Crippen LogP contribution is 2.36. The van der Waals surface area contributed by atoms with Crippen molar-refractivity contribution in [3.63, 3.8) is 0 Å². The van der Waals surface area contributed by atoms with Gasteiger partial charge in [0.1, 0.15) is 5.75 Å². The van der Waals surface area contributed by atoms with Gasteiger partial charge in [-0.25, -0.2) is 0 Å². The van der Waals surface area contributed by atoms with Crippen LogP contribution in [-0.2, 0) is 0 Å². The highest BCUT2D eigenvalue weighted by Gasteiger charge is 2.29. The molecule has 2 N–H and O–H groups in total. The highest BCUT2D eigenvalue weighted by molar-refractivity contribution is 6.33. The Morgan fingerprint density at radius 1 is 1.44 bits per heavy atom. The molecule has 0 spiro atoms. The molecule has 0 aromatic heterocycles. The number of benzene rings is 1. The Bertz CT molecular complexity index is 453. The number of carbonyl (C=O) groups excluding carboxylic acids is 1. The Morgan fingerprint density at radius 2 is 2.11 bits per heavy atom. The highest BCUT2D eigenvalue weighted by atomic mass is 35.5. The van der Waals surface area contributed by atoms with Gasteiger partial charge in [0.2, 0.25) is 0 Å². The minimum Gasteiger partial charge on any atom is -0.508 e. The number of amides is 1. The van der Waals surface area contributed by atoms with Crippen LogP contribution in [0.5, 0.6) is 5.75 Å². The Labute approximate surface area is 112 Å². The summed E-state index contributed by atoms with van der Waals surface area (Å²) >= 11 is 5.95. The summed E-state index contributed by atoms with van der Waals surface area (Å²) in [5.74, 6) is -0.166. The molecule has 0 bridgehead atoms. The molecule has 1 aromatic rings. The molecule has 0 saturated heterocycles. The second-order valence-electron chi connectivity index (χ2n) is 5.36. The number of carbonyl (C=O) groups is 1. The van der Waals surface area contributed by atoms with Crippen LogP contribution in [-0.4, -0.2) is 17.6 Å². The quantitative estimate of drug-likeness (QED) is 0.882. The summed E-state index contributed by atoms with van der Waals surface area (Å²) in [7, 11) is 0. The Hall–Kier alpha value is -1.22. The first-order valence-electron chi connectivity index (χ1n) is 6.27. The Balaban J connectivity index is 2.01. The van der Waals surface area contributed by atoms with Crippen LogP contribution in [0.2, 0.25) is 5.02 Å². The van der Waals surface area contributed by atoms with E-state index in [9.17, 15) is 9.90 Å². The summed E-state index contributed by atoms with van der Waals surface area (Å²) in [5.41, 5.74) is 0.539. The topological polar surface area (TPSA) is 49.3 Å². The minimum absolute atomic E-state index is 0.0524. The predicted molar refractivity (Wildman–Crippen MR) is 72.0 cm³/mol. The van der Waals surface area contributed by atoms with Gasteiger partial charge in [-0.1, -0.05) is 31.4 Å². The maximum atomic E-state index is 12.0. The van der Waals surface area contributed by atoms with Crippen molar-refractivity contribution in [2.24, 2.45) is 5.41 Å². The molecule has 18 heavy (non-hydrogen) atoms. The van der Waals surface area contributed by atoms with Gasteiger partial charge >= 0.3 is 0 Å². The first-order valence-corrected chi connectivity index (χ1v) is 6.65. The predicted octanol–water partition coefficient (Wildman–Crippen LogP) is 3.36. The van der Waals surface area contributed by atoms with Crippen LogP contribution in [0.4, 0.5) is 0 Å². The molecule has 1 fully saturated rings. The van der Waals surface area contributed by atoms with E-state index >= 15 is 0 Å². The Kier molecular flexibility index (Phi) is 3.81. The number of hydrogen-bond acceptors (Lipinski definition) is 2. The molecule has 4 heteroatoms. The van der Waals surface area contributed by atoms with E-state index in [4.69, 9.17) is 11.6 Å². The number of nitrogens with one attached hydrogen (secondary N) is 1. The van der Waals surface area contributed by atoms with E-state index < -0.39 is 0 Å². The van der Waals surface area contributed by atoms with Crippen molar-refractivity contribution in [2.75, 3.05) is 6.54 Å². The monoisotopic (exact) mass is 267 g/mol. The van der Waals surface area contributed by atoms with Crippen LogP contribution in [0.25, 0.3) is 0 Å². The molecule has 2 rings (SSSR count). The first kappa shape index (κ1) is 13.2. The maximum Gasteiger partial charge on any atom is 0.252 e. The van der Waals surface area contributed by atoms with Crippen molar-refractivity contribution in [3.05, 3.63) is 28.8 Å². The lowest BCUT2D eigenvalue weighted by atomic mass is 9.89. The smallest absolute Gasteiger partial charge is 0.252 e. The molecule has 1 aliphatic rings. The molecule has 1 aliphatic carbocycles. The van der Waals surface area contributed by atoms with E-state index in [1.54, 1.807) is 0 Å². The van der Waals surface area contributed by atoms with Gasteiger partial charge in [-0.2, -0.15) is 0 Å². The number of hydrogen-bond donors (Lipinski definition) is 2. The molecule has 0 atom stereocenters. The van der Waals surface area contributed by atoms with Gasteiger partial charge in [0.05, 0.1) is 10.6 Å². The number of rotatable bonds is 3. The standard InChI is InChI=1S/C14H18ClNO2/c1-14(6-2-3-7-14)9-16-13(18)11-8-10(17)4-5-12(11)15/h4-5,8,17H,2-3,6-7,9H2,1H3,(H,16,18). The fourth-order valence-corrected chi connectivity index (χ4v) is 2.68. The lowest BCUT2D eigenvalue weighted by Gasteiger charge is -2.23. The van der Waals surface area contributed by atoms with Crippen LogP contribution in [0.15, 0.2) is 18.2 Å². The molecule has 1 amide bonds. The van der Waals surface area contributed by atoms with E-state index in [1.165, 1.54) is 31.0 Å². The van der Waals surface area contributed by atoms with Crippen LogP contribution >= 0.6 is 11.6 Å². The lowest BCUT2D eigenvalue weighted by molar-refractivity contribution is 0.0934. The van der Waals surface area contributed by atoms with Crippen LogP contribution in [0.1, 0.15) is 43.0 Å². The third kappa shape index (κ3) is 2.96. The molecule has 0 unspecified atom stereocenters. The van der Waals surface area contributed by atoms with Gasteiger partial charge < -0.3 is 10.4 Å². The van der Waals surface area contributed by atoms with Crippen LogP contribution < -0.4 is 5.32 Å². The van der Waals surface area contributed by atoms with Crippen molar-refractivity contribution < 1.29 is 9.90 Å². The van der Waals surface area contributed by atoms with Crippen molar-refractivity contribution in [2.45, 2.75) is 32.6 Å². The normalized spacial score (nSPS) is 17.7. The number of halogens is 1. The molecular weight excluding hydrogens is 250 g/mol. The van der Waals surface area contributed by atoms with Crippen LogP contribution in [0.3, 0.4) is 0 Å². The third-order valence-electron chi connectivity index (χ3n) is 3.68. The zero-order valence-corrected chi connectivity index (χ0v) is 11.3. The Morgan fingerprint density at radius 3 is 2.78 bits per heavy atom. The van der Waals surface area contributed by atoms with Gasteiger partial charge in [0, 0.05) is 6.54 Å². The van der Waals surface area contributed by atoms with Gasteiger partial charge in [-0.05, 0) is 36.5 Å². The van der Waals surface area contributed by atoms with Gasteiger partial charge in [0.25, 0.3) is 5.91 Å². The first-order chi connectivity index (χ1) is 8.50. The zero-order chi connectivity index (χ0) is 13.2. The van der Waals surface area contributed by atoms with E-state index in [-0.39, 0.29) is 17.1 Å². The largest absolute Gasteiger partial charge is 0.508 e. The van der Waals surface area contributed by atoms with Crippen molar-refractivity contribution in [3.8, 4) is 5.75 Å². The van der Waals surface area contributed by atoms with Gasteiger partial charge in [-0.15, -0.1) is 0 Å². The SMILES string of the molecule is CC1(CNC(=O)c2cc(O)ccc2Cl)CCCC1. The maximum absolute atomic E-state index is 12.0. The van der Waals surface area contributed by atoms with Crippen molar-refractivity contribution in [1.82, 2.24) is 5.32 Å². The fourth-order valence-electron chi connectivity index (χ4n) is 2.48. The molecule has 0 radical (unpaired) electrons. The lowest BCUT2D eigenvalue weighted by Crippen LogP contribution is -2.34. The number of phenolic OH excluding ortho intramolecular Hbond substituents is 1. The molecule has 0 aliphatic heterocycles. The van der Waals surface area contributed by atoms with Crippen LogP contribution in [0, 0.1) is 5.41 Å². The third-order valence-corrected chi connectivity index (χ3v) is 4.01. The van der Waals surface area contributed by atoms with E-state index in [0.29, 0.717) is 17.1 Å². The van der Waals surface area contributed by atoms with Gasteiger partial charge in [0.15, 0.2) is 0 Å². The van der Waals surface area contributed by atoms with Gasteiger partial charge in [-0.3, -0.25) is 4.79 Å².